The van der Waals surface area contributed by atoms with Gasteiger partial charge in [0.05, 0.1) is 28.8 Å². The van der Waals surface area contributed by atoms with E-state index in [0.29, 0.717) is 5.75 Å². The molecule has 2 amide bonds. The van der Waals surface area contributed by atoms with E-state index in [-0.39, 0.29) is 17.6 Å². The van der Waals surface area contributed by atoms with Gasteiger partial charge in [0.25, 0.3) is 5.91 Å². The molecule has 29 heavy (non-hydrogen) atoms. The minimum absolute atomic E-state index is 0.119. The first-order valence-corrected chi connectivity index (χ1v) is 11.7. The monoisotopic (exact) mass is 445 g/mol. The van der Waals surface area contributed by atoms with Crippen LogP contribution in [0.4, 0.5) is 0 Å². The molecule has 0 aliphatic carbocycles. The lowest BCUT2D eigenvalue weighted by Crippen LogP contribution is -2.52. The topological polar surface area (TPSA) is 71.5 Å². The zero-order valence-corrected chi connectivity index (χ0v) is 18.3. The second-order valence-corrected chi connectivity index (χ2v) is 10.1. The maximum Gasteiger partial charge on any atom is 0.252 e. The molecule has 2 aromatic carbocycles. The largest absolute Gasteiger partial charge is 0.497 e. The van der Waals surface area contributed by atoms with Crippen LogP contribution < -0.4 is 10.2 Å². The highest BCUT2D eigenvalue weighted by molar-refractivity contribution is 8.01. The van der Waals surface area contributed by atoms with Crippen molar-refractivity contribution in [2.45, 2.75) is 16.1 Å². The number of hydrogen-bond acceptors (Lipinski definition) is 7. The summed E-state index contributed by atoms with van der Waals surface area (Å²) < 4.78 is 7.13. The molecular formula is C20H19N3O3S3. The molecule has 1 N–H and O–H groups in total. The van der Waals surface area contributed by atoms with Crippen LogP contribution in [0.5, 0.6) is 5.75 Å². The van der Waals surface area contributed by atoms with E-state index in [1.54, 1.807) is 18.4 Å². The SMILES string of the molecule is COc1ccc(C2(C)SCC(=O)N2NC(=O)CSc2nc3ccccc3s2)cc1. The second kappa shape index (κ2) is 8.25. The summed E-state index contributed by atoms with van der Waals surface area (Å²) in [5.74, 6) is 0.895. The maximum atomic E-state index is 12.6. The van der Waals surface area contributed by atoms with Gasteiger partial charge in [-0.25, -0.2) is 9.99 Å². The Hall–Kier alpha value is -2.23. The van der Waals surface area contributed by atoms with E-state index < -0.39 is 4.87 Å². The highest BCUT2D eigenvalue weighted by atomic mass is 32.2. The molecule has 1 unspecified atom stereocenters. The lowest BCUT2D eigenvalue weighted by atomic mass is 10.1. The van der Waals surface area contributed by atoms with Gasteiger partial charge in [-0.05, 0) is 36.8 Å². The number of carbonyl (C=O) groups excluding carboxylic acids is 2. The summed E-state index contributed by atoms with van der Waals surface area (Å²) in [6.07, 6.45) is 0. The Labute approximate surface area is 181 Å². The van der Waals surface area contributed by atoms with Crippen molar-refractivity contribution < 1.29 is 14.3 Å². The standard InChI is InChI=1S/C20H19N3O3S3/c1-20(13-7-9-14(26-2)10-8-13)23(18(25)12-28-20)22-17(24)11-27-19-21-15-5-3-4-6-16(15)29-19/h3-10H,11-12H2,1-2H3,(H,22,24). The van der Waals surface area contributed by atoms with Crippen LogP contribution in [-0.4, -0.2) is 40.4 Å². The normalized spacial score (nSPS) is 19.0. The number of carbonyl (C=O) groups is 2. The highest BCUT2D eigenvalue weighted by Crippen LogP contribution is 2.44. The number of para-hydroxylation sites is 1. The Morgan fingerprint density at radius 2 is 2.03 bits per heavy atom. The fourth-order valence-corrected chi connectivity index (χ4v) is 6.02. The summed E-state index contributed by atoms with van der Waals surface area (Å²) in [4.78, 5) is 28.9. The van der Waals surface area contributed by atoms with E-state index in [2.05, 4.69) is 10.4 Å². The number of ether oxygens (including phenoxy) is 1. The van der Waals surface area contributed by atoms with Crippen LogP contribution in [-0.2, 0) is 14.5 Å². The van der Waals surface area contributed by atoms with E-state index in [9.17, 15) is 9.59 Å². The molecule has 6 nitrogen and oxygen atoms in total. The molecule has 1 fully saturated rings. The number of thioether (sulfide) groups is 2. The van der Waals surface area contributed by atoms with Gasteiger partial charge in [-0.2, -0.15) is 0 Å². The van der Waals surface area contributed by atoms with Gasteiger partial charge in [-0.1, -0.05) is 36.0 Å². The summed E-state index contributed by atoms with van der Waals surface area (Å²) >= 11 is 4.42. The molecule has 1 aliphatic rings. The fourth-order valence-electron chi connectivity index (χ4n) is 3.05. The Kier molecular flexibility index (Phi) is 5.71. The first-order valence-electron chi connectivity index (χ1n) is 8.89. The van der Waals surface area contributed by atoms with Crippen LogP contribution in [0.15, 0.2) is 52.9 Å². The number of nitrogens with one attached hydrogen (secondary N) is 1. The summed E-state index contributed by atoms with van der Waals surface area (Å²) in [7, 11) is 1.61. The van der Waals surface area contributed by atoms with Crippen molar-refractivity contribution in [3.63, 3.8) is 0 Å². The van der Waals surface area contributed by atoms with Gasteiger partial charge in [0.2, 0.25) is 5.91 Å². The minimum atomic E-state index is -0.667. The van der Waals surface area contributed by atoms with E-state index in [0.717, 1.165) is 25.9 Å². The van der Waals surface area contributed by atoms with Crippen LogP contribution in [0.25, 0.3) is 10.2 Å². The van der Waals surface area contributed by atoms with Crippen LogP contribution in [0.1, 0.15) is 12.5 Å². The number of amides is 2. The molecule has 0 bridgehead atoms. The van der Waals surface area contributed by atoms with Gasteiger partial charge in [0, 0.05) is 0 Å². The van der Waals surface area contributed by atoms with E-state index in [1.807, 2.05) is 55.5 Å². The molecule has 2 heterocycles. The number of hydrazine groups is 1. The number of fused-ring (bicyclic) bond motifs is 1. The number of thiazole rings is 1. The molecule has 4 rings (SSSR count). The van der Waals surface area contributed by atoms with Crippen molar-refractivity contribution in [1.29, 1.82) is 0 Å². The molecule has 0 radical (unpaired) electrons. The third-order valence-electron chi connectivity index (χ3n) is 4.62. The molecule has 1 atom stereocenters. The van der Waals surface area contributed by atoms with Gasteiger partial charge >= 0.3 is 0 Å². The second-order valence-electron chi connectivity index (χ2n) is 6.50. The quantitative estimate of drug-likeness (QED) is 0.581. The lowest BCUT2D eigenvalue weighted by Gasteiger charge is -2.34. The Bertz CT molecular complexity index is 1020. The van der Waals surface area contributed by atoms with Crippen molar-refractivity contribution in [3.8, 4) is 5.75 Å². The molecule has 0 spiro atoms. The van der Waals surface area contributed by atoms with Crippen molar-refractivity contribution >= 4 is 56.9 Å². The van der Waals surface area contributed by atoms with Gasteiger partial charge in [-0.3, -0.25) is 15.0 Å². The number of rotatable bonds is 6. The first kappa shape index (κ1) is 20.1. The average molecular weight is 446 g/mol. The average Bonchev–Trinajstić information content (AvgIpc) is 3.29. The number of aromatic nitrogens is 1. The summed E-state index contributed by atoms with van der Waals surface area (Å²) in [5, 5.41) is 1.45. The highest BCUT2D eigenvalue weighted by Gasteiger charge is 2.45. The van der Waals surface area contributed by atoms with Crippen LogP contribution in [0.3, 0.4) is 0 Å². The summed E-state index contributed by atoms with van der Waals surface area (Å²) in [6, 6.07) is 15.4. The molecule has 1 aliphatic heterocycles. The van der Waals surface area contributed by atoms with Crippen molar-refractivity contribution in [2.75, 3.05) is 18.6 Å². The fraction of sp³-hybridized carbons (Fsp3) is 0.250. The van der Waals surface area contributed by atoms with Crippen molar-refractivity contribution in [2.24, 2.45) is 0 Å². The minimum Gasteiger partial charge on any atom is -0.497 e. The molecular weight excluding hydrogens is 426 g/mol. The third-order valence-corrected chi connectivity index (χ3v) is 8.17. The Morgan fingerprint density at radius 1 is 1.28 bits per heavy atom. The summed E-state index contributed by atoms with van der Waals surface area (Å²) in [5.41, 5.74) is 4.65. The van der Waals surface area contributed by atoms with Crippen molar-refractivity contribution in [3.05, 3.63) is 54.1 Å². The number of benzene rings is 2. The first-order chi connectivity index (χ1) is 14.0. The number of hydrogen-bond donors (Lipinski definition) is 1. The number of methoxy groups -OCH3 is 1. The van der Waals surface area contributed by atoms with E-state index in [1.165, 1.54) is 28.5 Å². The molecule has 1 saturated heterocycles. The van der Waals surface area contributed by atoms with E-state index in [4.69, 9.17) is 4.74 Å². The zero-order chi connectivity index (χ0) is 20.4. The smallest absolute Gasteiger partial charge is 0.252 e. The molecule has 0 saturated carbocycles. The predicted molar refractivity (Wildman–Crippen MR) is 118 cm³/mol. The predicted octanol–water partition coefficient (Wildman–Crippen LogP) is 3.88. The lowest BCUT2D eigenvalue weighted by molar-refractivity contribution is -0.141. The Morgan fingerprint density at radius 3 is 2.76 bits per heavy atom. The Balaban J connectivity index is 1.44. The third kappa shape index (κ3) is 4.08. The molecule has 150 valence electrons. The van der Waals surface area contributed by atoms with Gasteiger partial charge in [-0.15, -0.1) is 23.1 Å². The maximum absolute atomic E-state index is 12.6. The van der Waals surface area contributed by atoms with Gasteiger partial charge in [0.15, 0.2) is 4.34 Å². The van der Waals surface area contributed by atoms with Gasteiger partial charge in [0.1, 0.15) is 10.6 Å². The van der Waals surface area contributed by atoms with Crippen molar-refractivity contribution in [1.82, 2.24) is 15.4 Å². The molecule has 9 heteroatoms. The van der Waals surface area contributed by atoms with Gasteiger partial charge < -0.3 is 4.74 Å². The van der Waals surface area contributed by atoms with Crippen LogP contribution in [0, 0.1) is 0 Å². The summed E-state index contributed by atoms with van der Waals surface area (Å²) in [6.45, 7) is 1.94. The van der Waals surface area contributed by atoms with Crippen LogP contribution in [0.2, 0.25) is 0 Å². The zero-order valence-electron chi connectivity index (χ0n) is 15.9. The van der Waals surface area contributed by atoms with E-state index >= 15 is 0 Å². The molecule has 3 aromatic rings. The number of nitrogens with zero attached hydrogens (tertiary/aromatic N) is 2. The van der Waals surface area contributed by atoms with Crippen LogP contribution >= 0.6 is 34.9 Å². The molecule has 1 aromatic heterocycles.